The molecule has 0 saturated carbocycles. The molecule has 0 aliphatic heterocycles. The molecule has 0 unspecified atom stereocenters. The summed E-state index contributed by atoms with van der Waals surface area (Å²) in [6, 6.07) is 2.46. The van der Waals surface area contributed by atoms with Crippen LogP contribution in [0.4, 0.5) is 5.69 Å². The van der Waals surface area contributed by atoms with Crippen LogP contribution in [0.15, 0.2) is 17.0 Å². The molecule has 0 radical (unpaired) electrons. The van der Waals surface area contributed by atoms with E-state index in [1.54, 1.807) is 0 Å². The summed E-state index contributed by atoms with van der Waals surface area (Å²) in [4.78, 5) is 10.4. The van der Waals surface area contributed by atoms with E-state index in [0.29, 0.717) is 24.0 Å². The molecule has 0 atom stereocenters. The molecule has 0 fully saturated rings. The number of nitro benzene ring substituents is 1. The van der Waals surface area contributed by atoms with Gasteiger partial charge in [0.15, 0.2) is 0 Å². The van der Waals surface area contributed by atoms with Gasteiger partial charge in [-0.2, -0.15) is 0 Å². The highest BCUT2D eigenvalue weighted by molar-refractivity contribution is 7.89. The van der Waals surface area contributed by atoms with Crippen molar-refractivity contribution < 1.29 is 13.3 Å². The van der Waals surface area contributed by atoms with Crippen LogP contribution in [0.3, 0.4) is 0 Å². The Morgan fingerprint density at radius 3 is 2.29 bits per heavy atom. The minimum Gasteiger partial charge on any atom is -0.258 e. The van der Waals surface area contributed by atoms with Crippen LogP contribution < -0.4 is 5.14 Å². The van der Waals surface area contributed by atoms with Gasteiger partial charge in [0.2, 0.25) is 10.0 Å². The van der Waals surface area contributed by atoms with E-state index in [9.17, 15) is 18.5 Å². The summed E-state index contributed by atoms with van der Waals surface area (Å²) in [5, 5.41) is 16.0. The number of primary sulfonamides is 1. The molecule has 6 nitrogen and oxygen atoms in total. The van der Waals surface area contributed by atoms with Crippen LogP contribution in [0.1, 0.15) is 24.0 Å². The molecule has 2 N–H and O–H groups in total. The van der Waals surface area contributed by atoms with Crippen molar-refractivity contribution in [1.29, 1.82) is 0 Å². The third-order valence-electron chi connectivity index (χ3n) is 2.97. The van der Waals surface area contributed by atoms with E-state index in [2.05, 4.69) is 0 Å². The van der Waals surface area contributed by atoms with Crippen LogP contribution in [0, 0.1) is 10.1 Å². The Kier molecular flexibility index (Phi) is 2.88. The third-order valence-corrected chi connectivity index (χ3v) is 3.97. The van der Waals surface area contributed by atoms with Gasteiger partial charge < -0.3 is 0 Å². The van der Waals surface area contributed by atoms with Crippen LogP contribution >= 0.6 is 0 Å². The van der Waals surface area contributed by atoms with Gasteiger partial charge in [-0.1, -0.05) is 0 Å². The lowest BCUT2D eigenvalue weighted by molar-refractivity contribution is -0.385. The van der Waals surface area contributed by atoms with Crippen molar-refractivity contribution in [1.82, 2.24) is 0 Å². The van der Waals surface area contributed by atoms with Crippen LogP contribution in [-0.4, -0.2) is 13.3 Å². The number of nitro groups is 1. The summed E-state index contributed by atoms with van der Waals surface area (Å²) in [6.45, 7) is 0. The average molecular weight is 256 g/mol. The summed E-state index contributed by atoms with van der Waals surface area (Å²) in [6.07, 6.45) is 2.73. The van der Waals surface area contributed by atoms with Gasteiger partial charge in [0.1, 0.15) is 0 Å². The molecule has 0 spiro atoms. The van der Waals surface area contributed by atoms with Gasteiger partial charge in [-0.3, -0.25) is 10.1 Å². The fourth-order valence-electron chi connectivity index (χ4n) is 2.25. The average Bonchev–Trinajstić information content (AvgIpc) is 2.26. The highest BCUT2D eigenvalue weighted by atomic mass is 32.2. The van der Waals surface area contributed by atoms with Crippen LogP contribution in [-0.2, 0) is 22.9 Å². The Labute approximate surface area is 98.6 Å². The molecule has 0 bridgehead atoms. The molecule has 1 aliphatic rings. The van der Waals surface area contributed by atoms with Crippen molar-refractivity contribution in [2.75, 3.05) is 0 Å². The van der Waals surface area contributed by atoms with Crippen molar-refractivity contribution in [2.24, 2.45) is 5.14 Å². The van der Waals surface area contributed by atoms with Crippen LogP contribution in [0.5, 0.6) is 0 Å². The fourth-order valence-corrected chi connectivity index (χ4v) is 3.08. The Morgan fingerprint density at radius 2 is 1.76 bits per heavy atom. The Hall–Kier alpha value is -1.47. The fraction of sp³-hybridized carbons (Fsp3) is 0.400. The van der Waals surface area contributed by atoms with Gasteiger partial charge in [-0.05, 0) is 37.3 Å². The Bertz CT molecular complexity index is 580. The van der Waals surface area contributed by atoms with Crippen molar-refractivity contribution >= 4 is 15.7 Å². The lowest BCUT2D eigenvalue weighted by Gasteiger charge is -2.18. The van der Waals surface area contributed by atoms with Gasteiger partial charge in [-0.15, -0.1) is 0 Å². The maximum Gasteiger partial charge on any atom is 0.272 e. The number of hydrogen-bond donors (Lipinski definition) is 1. The molecule has 0 amide bonds. The zero-order valence-electron chi connectivity index (χ0n) is 9.05. The summed E-state index contributed by atoms with van der Waals surface area (Å²) >= 11 is 0. The maximum absolute atomic E-state index is 11.4. The van der Waals surface area contributed by atoms with Gasteiger partial charge in [-0.25, -0.2) is 13.6 Å². The molecule has 2 rings (SSSR count). The van der Waals surface area contributed by atoms with E-state index in [0.717, 1.165) is 12.8 Å². The van der Waals surface area contributed by atoms with Crippen molar-refractivity contribution in [3.63, 3.8) is 0 Å². The molecule has 17 heavy (non-hydrogen) atoms. The lowest BCUT2D eigenvalue weighted by Crippen LogP contribution is -2.18. The normalized spacial score (nSPS) is 15.4. The van der Waals surface area contributed by atoms with Gasteiger partial charge in [0, 0.05) is 11.6 Å². The Balaban J connectivity index is 2.72. The summed E-state index contributed by atoms with van der Waals surface area (Å²) in [5.74, 6) is 0. The monoisotopic (exact) mass is 256 g/mol. The number of fused-ring (bicyclic) bond motifs is 1. The van der Waals surface area contributed by atoms with Crippen molar-refractivity contribution in [3.05, 3.63) is 33.4 Å². The second-order valence-corrected chi connectivity index (χ2v) is 5.58. The molecule has 0 aromatic heterocycles. The van der Waals surface area contributed by atoms with E-state index in [1.165, 1.54) is 12.1 Å². The van der Waals surface area contributed by atoms with E-state index < -0.39 is 14.9 Å². The van der Waals surface area contributed by atoms with Gasteiger partial charge >= 0.3 is 0 Å². The summed E-state index contributed by atoms with van der Waals surface area (Å²) < 4.78 is 22.8. The highest BCUT2D eigenvalue weighted by Crippen LogP contribution is 2.33. The smallest absolute Gasteiger partial charge is 0.258 e. The number of hydrogen-bond acceptors (Lipinski definition) is 4. The number of nitrogens with two attached hydrogens (primary N) is 1. The first-order valence-electron chi connectivity index (χ1n) is 5.23. The summed E-state index contributed by atoms with van der Waals surface area (Å²) in [5.41, 5.74) is 1.04. The molecular formula is C10H12N2O4S. The SMILES string of the molecule is NS(=O)(=O)c1ccc([N+](=O)[O-])c2c1CCCC2. The second kappa shape index (κ2) is 4.08. The standard InChI is InChI=1S/C10H12N2O4S/c11-17(15,16)10-6-5-9(12(13)14)7-3-1-2-4-8(7)10/h5-6H,1-4H2,(H2,11,15,16). The Morgan fingerprint density at radius 1 is 1.18 bits per heavy atom. The first-order valence-corrected chi connectivity index (χ1v) is 6.78. The third kappa shape index (κ3) is 2.16. The summed E-state index contributed by atoms with van der Waals surface area (Å²) in [7, 11) is -3.81. The largest absolute Gasteiger partial charge is 0.272 e. The molecule has 0 saturated heterocycles. The predicted molar refractivity (Wildman–Crippen MR) is 61.1 cm³/mol. The molecule has 0 heterocycles. The maximum atomic E-state index is 11.4. The van der Waals surface area contributed by atoms with Crippen molar-refractivity contribution in [2.45, 2.75) is 30.6 Å². The zero-order chi connectivity index (χ0) is 12.6. The van der Waals surface area contributed by atoms with E-state index >= 15 is 0 Å². The quantitative estimate of drug-likeness (QED) is 0.632. The first-order chi connectivity index (χ1) is 7.91. The zero-order valence-corrected chi connectivity index (χ0v) is 9.87. The highest BCUT2D eigenvalue weighted by Gasteiger charge is 2.26. The van der Waals surface area contributed by atoms with Gasteiger partial charge in [0.05, 0.1) is 9.82 Å². The van der Waals surface area contributed by atoms with Crippen LogP contribution in [0.2, 0.25) is 0 Å². The van der Waals surface area contributed by atoms with E-state index in [1.807, 2.05) is 0 Å². The molecule has 1 aromatic carbocycles. The molecule has 1 aliphatic carbocycles. The number of benzene rings is 1. The second-order valence-electron chi connectivity index (χ2n) is 4.05. The predicted octanol–water partition coefficient (Wildman–Crippen LogP) is 1.12. The van der Waals surface area contributed by atoms with E-state index in [4.69, 9.17) is 5.14 Å². The molecule has 1 aromatic rings. The van der Waals surface area contributed by atoms with Crippen molar-refractivity contribution in [3.8, 4) is 0 Å². The molecule has 92 valence electrons. The molecular weight excluding hydrogens is 244 g/mol. The van der Waals surface area contributed by atoms with Gasteiger partial charge in [0.25, 0.3) is 5.69 Å². The minimum absolute atomic E-state index is 0.00731. The minimum atomic E-state index is -3.81. The number of nitrogens with zero attached hydrogens (tertiary/aromatic N) is 1. The lowest BCUT2D eigenvalue weighted by atomic mass is 9.90. The van der Waals surface area contributed by atoms with E-state index in [-0.39, 0.29) is 10.6 Å². The molecule has 7 heteroatoms. The first kappa shape index (κ1) is 12.0. The number of sulfonamides is 1. The topological polar surface area (TPSA) is 103 Å². The number of rotatable bonds is 2. The van der Waals surface area contributed by atoms with Crippen LogP contribution in [0.25, 0.3) is 0 Å².